The Bertz CT molecular complexity index is 235. The second-order valence-corrected chi connectivity index (χ2v) is 4.75. The molecule has 0 aromatic heterocycles. The topological polar surface area (TPSA) is 84.2 Å². The first-order valence-corrected chi connectivity index (χ1v) is 5.58. The van der Waals surface area contributed by atoms with Crippen LogP contribution in [0.4, 0.5) is 4.79 Å². The third-order valence-corrected chi connectivity index (χ3v) is 3.49. The highest BCUT2D eigenvalue weighted by Crippen LogP contribution is 2.25. The summed E-state index contributed by atoms with van der Waals surface area (Å²) in [6, 6.07) is -0.440. The Morgan fingerprint density at radius 2 is 2.29 bits per heavy atom. The monoisotopic (exact) mass is 217 g/mol. The zero-order valence-electron chi connectivity index (χ0n) is 8.08. The van der Waals surface area contributed by atoms with Crippen LogP contribution < -0.4 is 16.4 Å². The van der Waals surface area contributed by atoms with Gasteiger partial charge in [0.25, 0.3) is 0 Å². The van der Waals surface area contributed by atoms with Gasteiger partial charge >= 0.3 is 6.03 Å². The first-order valence-electron chi connectivity index (χ1n) is 4.54. The van der Waals surface area contributed by atoms with Gasteiger partial charge < -0.3 is 11.1 Å². The number of amides is 3. The van der Waals surface area contributed by atoms with Crippen molar-refractivity contribution < 1.29 is 9.59 Å². The molecule has 0 spiro atoms. The summed E-state index contributed by atoms with van der Waals surface area (Å²) in [5.41, 5.74) is 4.80. The zero-order chi connectivity index (χ0) is 10.6. The number of rotatable bonds is 3. The Hall–Kier alpha value is -0.750. The van der Waals surface area contributed by atoms with E-state index in [0.29, 0.717) is 11.3 Å². The highest BCUT2D eigenvalue weighted by molar-refractivity contribution is 8.00. The van der Waals surface area contributed by atoms with E-state index >= 15 is 0 Å². The van der Waals surface area contributed by atoms with E-state index in [9.17, 15) is 9.59 Å². The Labute approximate surface area is 87.2 Å². The molecule has 5 nitrogen and oxygen atoms in total. The second kappa shape index (κ2) is 5.21. The van der Waals surface area contributed by atoms with Gasteiger partial charge in [-0.1, -0.05) is 6.92 Å². The first kappa shape index (κ1) is 11.3. The van der Waals surface area contributed by atoms with Crippen molar-refractivity contribution in [2.75, 3.05) is 12.3 Å². The van der Waals surface area contributed by atoms with Gasteiger partial charge in [0.2, 0.25) is 5.91 Å². The van der Waals surface area contributed by atoms with E-state index in [4.69, 9.17) is 5.73 Å². The average molecular weight is 217 g/mol. The van der Waals surface area contributed by atoms with Crippen LogP contribution >= 0.6 is 11.8 Å². The number of imide groups is 1. The smallest absolute Gasteiger partial charge is 0.318 e. The minimum atomic E-state index is -0.800. The molecule has 14 heavy (non-hydrogen) atoms. The highest BCUT2D eigenvalue weighted by atomic mass is 32.2. The molecular weight excluding hydrogens is 202 g/mol. The minimum absolute atomic E-state index is 0.151. The molecule has 0 aliphatic carbocycles. The van der Waals surface area contributed by atoms with Gasteiger partial charge in [-0.25, -0.2) is 4.79 Å². The van der Waals surface area contributed by atoms with E-state index in [1.54, 1.807) is 0 Å². The van der Waals surface area contributed by atoms with Crippen LogP contribution in [0.15, 0.2) is 0 Å². The van der Waals surface area contributed by atoms with Crippen LogP contribution in [-0.4, -0.2) is 35.5 Å². The molecule has 2 unspecified atom stereocenters. The quantitative estimate of drug-likeness (QED) is 0.604. The molecule has 6 heteroatoms. The SMILES string of the molecule is CC1SCCC1NCC(=O)NC(N)=O. The van der Waals surface area contributed by atoms with Crippen molar-refractivity contribution in [2.45, 2.75) is 24.6 Å². The number of carbonyl (C=O) groups excluding carboxylic acids is 2. The number of thioether (sulfide) groups is 1. The van der Waals surface area contributed by atoms with Crippen LogP contribution in [0.25, 0.3) is 0 Å². The second-order valence-electron chi connectivity index (χ2n) is 3.26. The lowest BCUT2D eigenvalue weighted by atomic mass is 10.2. The van der Waals surface area contributed by atoms with Crippen LogP contribution in [0, 0.1) is 0 Å². The van der Waals surface area contributed by atoms with Crippen LogP contribution in [0.5, 0.6) is 0 Å². The molecule has 3 amide bonds. The molecule has 80 valence electrons. The molecule has 0 bridgehead atoms. The molecule has 4 N–H and O–H groups in total. The standard InChI is InChI=1S/C8H15N3O2S/c1-5-6(2-3-14-5)10-4-7(12)11-8(9)13/h5-6,10H,2-4H2,1H3,(H3,9,11,12,13). The van der Waals surface area contributed by atoms with Crippen LogP contribution in [0.2, 0.25) is 0 Å². The van der Waals surface area contributed by atoms with Crippen molar-refractivity contribution in [3.05, 3.63) is 0 Å². The summed E-state index contributed by atoms with van der Waals surface area (Å²) >= 11 is 1.89. The van der Waals surface area contributed by atoms with Crippen molar-refractivity contribution in [1.29, 1.82) is 0 Å². The number of carbonyl (C=O) groups is 2. The van der Waals surface area contributed by atoms with Gasteiger partial charge in [-0.2, -0.15) is 11.8 Å². The number of hydrogen-bond acceptors (Lipinski definition) is 4. The predicted octanol–water partition coefficient (Wildman–Crippen LogP) is -0.335. The number of primary amides is 1. The fourth-order valence-corrected chi connectivity index (χ4v) is 2.63. The number of urea groups is 1. The van der Waals surface area contributed by atoms with E-state index in [-0.39, 0.29) is 12.5 Å². The van der Waals surface area contributed by atoms with Gasteiger partial charge in [0, 0.05) is 11.3 Å². The molecule has 2 atom stereocenters. The number of nitrogens with two attached hydrogens (primary N) is 1. The molecule has 0 saturated carbocycles. The van der Waals surface area contributed by atoms with Gasteiger partial charge in [-0.05, 0) is 12.2 Å². The maximum Gasteiger partial charge on any atom is 0.318 e. The van der Waals surface area contributed by atoms with Crippen molar-refractivity contribution in [3.8, 4) is 0 Å². The Morgan fingerprint density at radius 3 is 2.79 bits per heavy atom. The molecule has 1 aliphatic heterocycles. The minimum Gasteiger partial charge on any atom is -0.351 e. The lowest BCUT2D eigenvalue weighted by Crippen LogP contribution is -2.44. The van der Waals surface area contributed by atoms with Gasteiger partial charge in [-0.3, -0.25) is 10.1 Å². The van der Waals surface area contributed by atoms with Crippen molar-refractivity contribution in [2.24, 2.45) is 5.73 Å². The van der Waals surface area contributed by atoms with Gasteiger partial charge in [0.15, 0.2) is 0 Å². The highest BCUT2D eigenvalue weighted by Gasteiger charge is 2.23. The van der Waals surface area contributed by atoms with E-state index in [1.807, 2.05) is 17.1 Å². The third-order valence-electron chi connectivity index (χ3n) is 2.16. The van der Waals surface area contributed by atoms with Crippen molar-refractivity contribution in [1.82, 2.24) is 10.6 Å². The first-order chi connectivity index (χ1) is 6.59. The summed E-state index contributed by atoms with van der Waals surface area (Å²) in [6.07, 6.45) is 1.07. The summed E-state index contributed by atoms with van der Waals surface area (Å²) in [4.78, 5) is 21.4. The van der Waals surface area contributed by atoms with Crippen LogP contribution in [0.1, 0.15) is 13.3 Å². The molecule has 1 heterocycles. The summed E-state index contributed by atoms with van der Waals surface area (Å²) in [7, 11) is 0. The maximum atomic E-state index is 11.0. The van der Waals surface area contributed by atoms with E-state index < -0.39 is 6.03 Å². The van der Waals surface area contributed by atoms with Crippen LogP contribution in [-0.2, 0) is 4.79 Å². The number of nitrogens with one attached hydrogen (secondary N) is 2. The largest absolute Gasteiger partial charge is 0.351 e. The molecule has 1 saturated heterocycles. The molecule has 0 radical (unpaired) electrons. The van der Waals surface area contributed by atoms with E-state index in [1.165, 1.54) is 0 Å². The third kappa shape index (κ3) is 3.55. The van der Waals surface area contributed by atoms with Gasteiger partial charge in [0.1, 0.15) is 0 Å². The van der Waals surface area contributed by atoms with Gasteiger partial charge in [0.05, 0.1) is 6.54 Å². The summed E-state index contributed by atoms with van der Waals surface area (Å²) < 4.78 is 0. The summed E-state index contributed by atoms with van der Waals surface area (Å²) in [5.74, 6) is 0.748. The molecular formula is C8H15N3O2S. The van der Waals surface area contributed by atoms with Gasteiger partial charge in [-0.15, -0.1) is 0 Å². The van der Waals surface area contributed by atoms with E-state index in [2.05, 4.69) is 12.2 Å². The zero-order valence-corrected chi connectivity index (χ0v) is 8.89. The lowest BCUT2D eigenvalue weighted by molar-refractivity contribution is -0.119. The Balaban J connectivity index is 2.19. The lowest BCUT2D eigenvalue weighted by Gasteiger charge is -2.15. The Kier molecular flexibility index (Phi) is 4.21. The summed E-state index contributed by atoms with van der Waals surface area (Å²) in [6.45, 7) is 2.28. The average Bonchev–Trinajstić information content (AvgIpc) is 2.46. The molecule has 0 aromatic rings. The summed E-state index contributed by atoms with van der Waals surface area (Å²) in [5, 5.41) is 5.63. The van der Waals surface area contributed by atoms with Crippen molar-refractivity contribution >= 4 is 23.7 Å². The van der Waals surface area contributed by atoms with Crippen molar-refractivity contribution in [3.63, 3.8) is 0 Å². The number of hydrogen-bond donors (Lipinski definition) is 3. The Morgan fingerprint density at radius 1 is 1.57 bits per heavy atom. The maximum absolute atomic E-state index is 11.0. The normalized spacial score (nSPS) is 26.1. The fourth-order valence-electron chi connectivity index (χ4n) is 1.41. The molecule has 1 fully saturated rings. The van der Waals surface area contributed by atoms with Crippen LogP contribution in [0.3, 0.4) is 0 Å². The fraction of sp³-hybridized carbons (Fsp3) is 0.750. The molecule has 0 aromatic carbocycles. The molecule has 1 rings (SSSR count). The molecule has 1 aliphatic rings. The van der Waals surface area contributed by atoms with E-state index in [0.717, 1.165) is 12.2 Å². The predicted molar refractivity (Wildman–Crippen MR) is 56.1 cm³/mol.